The molecule has 7 heteroatoms. The zero-order valence-electron chi connectivity index (χ0n) is 13.9. The van der Waals surface area contributed by atoms with Crippen molar-refractivity contribution in [2.24, 2.45) is 0 Å². The first-order chi connectivity index (χ1) is 11.3. The van der Waals surface area contributed by atoms with Gasteiger partial charge >= 0.3 is 0 Å². The van der Waals surface area contributed by atoms with E-state index in [1.165, 1.54) is 11.8 Å². The van der Waals surface area contributed by atoms with Crippen molar-refractivity contribution in [3.05, 3.63) is 45.6 Å². The number of nitrogens with one attached hydrogen (secondary N) is 1. The van der Waals surface area contributed by atoms with E-state index in [4.69, 9.17) is 23.2 Å². The number of benzene rings is 1. The van der Waals surface area contributed by atoms with Crippen LogP contribution < -0.4 is 5.32 Å². The highest BCUT2D eigenvalue weighted by molar-refractivity contribution is 7.98. The van der Waals surface area contributed by atoms with Crippen LogP contribution in [0.4, 0.5) is 5.82 Å². The van der Waals surface area contributed by atoms with Crippen LogP contribution in [0.1, 0.15) is 37.8 Å². The molecule has 0 aliphatic heterocycles. The van der Waals surface area contributed by atoms with Gasteiger partial charge < -0.3 is 10.1 Å². The molecule has 128 valence electrons. The van der Waals surface area contributed by atoms with E-state index in [1.807, 2.05) is 27.0 Å². The maximum absolute atomic E-state index is 11.9. The summed E-state index contributed by atoms with van der Waals surface area (Å²) in [6.07, 6.45) is 4.38. The Bertz CT molecular complexity index is 727. The quantitative estimate of drug-likeness (QED) is 0.444. The van der Waals surface area contributed by atoms with Gasteiger partial charge in [0.25, 0.3) is 0 Å². The number of anilines is 1. The Morgan fingerprint density at radius 2 is 1.88 bits per heavy atom. The van der Waals surface area contributed by atoms with Gasteiger partial charge in [0.05, 0.1) is 5.92 Å². The van der Waals surface area contributed by atoms with Crippen molar-refractivity contribution in [2.45, 2.75) is 37.4 Å². The number of halogens is 2. The van der Waals surface area contributed by atoms with Crippen molar-refractivity contribution < 1.29 is 4.79 Å². The molecule has 2 rings (SSSR count). The smallest absolute Gasteiger partial charge is 0.189 e. The molecular formula is C17H19Cl2N3OS. The lowest BCUT2D eigenvalue weighted by Crippen LogP contribution is -2.28. The van der Waals surface area contributed by atoms with Crippen LogP contribution in [0.3, 0.4) is 0 Å². The van der Waals surface area contributed by atoms with Crippen molar-refractivity contribution in [1.29, 1.82) is 0 Å². The lowest BCUT2D eigenvalue weighted by Gasteiger charge is -2.25. The second-order valence-electron chi connectivity index (χ2n) is 6.28. The number of nitrogens with zero attached hydrogens (tertiary/aromatic N) is 2. The molecule has 0 radical (unpaired) electrons. The molecule has 4 nitrogen and oxygen atoms in total. The first kappa shape index (κ1) is 19.0. The predicted molar refractivity (Wildman–Crippen MR) is 102 cm³/mol. The summed E-state index contributed by atoms with van der Waals surface area (Å²) in [6.45, 7) is 6.07. The van der Waals surface area contributed by atoms with Crippen molar-refractivity contribution in [3.8, 4) is 0 Å². The Balaban J connectivity index is 2.61. The molecule has 0 saturated carbocycles. The van der Waals surface area contributed by atoms with Crippen LogP contribution in [0.25, 0.3) is 0 Å². The number of hydrogen-bond donors (Lipinski definition) is 1. The van der Waals surface area contributed by atoms with E-state index in [0.29, 0.717) is 32.1 Å². The lowest BCUT2D eigenvalue weighted by molar-refractivity contribution is -0.108. The van der Waals surface area contributed by atoms with Gasteiger partial charge in [0.1, 0.15) is 12.1 Å². The predicted octanol–water partition coefficient (Wildman–Crippen LogP) is 5.05. The first-order valence-electron chi connectivity index (χ1n) is 7.35. The fourth-order valence-corrected chi connectivity index (χ4v) is 3.23. The van der Waals surface area contributed by atoms with Crippen molar-refractivity contribution in [1.82, 2.24) is 9.97 Å². The summed E-state index contributed by atoms with van der Waals surface area (Å²) in [7, 11) is 0. The Morgan fingerprint density at radius 1 is 1.25 bits per heavy atom. The Labute approximate surface area is 156 Å². The average molecular weight is 384 g/mol. The third-order valence-electron chi connectivity index (χ3n) is 3.25. The number of rotatable bonds is 5. The molecule has 1 N–H and O–H groups in total. The van der Waals surface area contributed by atoms with Gasteiger partial charge in [0, 0.05) is 32.9 Å². The minimum Gasteiger partial charge on any atom is -0.365 e. The van der Waals surface area contributed by atoms with Gasteiger partial charge in [-0.05, 0) is 39.2 Å². The normalized spacial score (nSPS) is 12.8. The SMILES string of the molecule is CSc1ncc(C(C=O)c2c(Cl)cccc2Cl)c(NC(C)(C)C)n1. The molecule has 0 aliphatic rings. The van der Waals surface area contributed by atoms with Gasteiger partial charge in [0.15, 0.2) is 5.16 Å². The Hall–Kier alpha value is -1.30. The minimum atomic E-state index is -0.646. The summed E-state index contributed by atoms with van der Waals surface area (Å²) < 4.78 is 0. The molecule has 0 bridgehead atoms. The lowest BCUT2D eigenvalue weighted by atomic mass is 9.93. The van der Waals surface area contributed by atoms with Crippen LogP contribution in [-0.2, 0) is 4.79 Å². The summed E-state index contributed by atoms with van der Waals surface area (Å²) in [5.41, 5.74) is 0.984. The number of aromatic nitrogens is 2. The number of hydrogen-bond acceptors (Lipinski definition) is 5. The standard InChI is InChI=1S/C17H19Cl2N3OS/c1-17(2,3)22-15-10(8-20-16(21-15)24-4)11(9-23)14-12(18)6-5-7-13(14)19/h5-9,11H,1-4H3,(H,20,21,22). The third kappa shape index (κ3) is 4.41. The molecule has 24 heavy (non-hydrogen) atoms. The summed E-state index contributed by atoms with van der Waals surface area (Å²) in [5, 5.41) is 4.84. The van der Waals surface area contributed by atoms with Crippen LogP contribution in [0.5, 0.6) is 0 Å². The molecule has 1 aromatic carbocycles. The fraction of sp³-hybridized carbons (Fsp3) is 0.353. The topological polar surface area (TPSA) is 54.9 Å². The number of carbonyl (C=O) groups excluding carboxylic acids is 1. The third-order valence-corrected chi connectivity index (χ3v) is 4.47. The molecule has 1 atom stereocenters. The molecule has 0 spiro atoms. The number of aldehydes is 1. The zero-order chi connectivity index (χ0) is 17.9. The highest BCUT2D eigenvalue weighted by Gasteiger charge is 2.25. The highest BCUT2D eigenvalue weighted by atomic mass is 35.5. The number of thioether (sulfide) groups is 1. The van der Waals surface area contributed by atoms with E-state index in [1.54, 1.807) is 24.4 Å². The van der Waals surface area contributed by atoms with Crippen LogP contribution >= 0.6 is 35.0 Å². The second kappa shape index (κ2) is 7.72. The summed E-state index contributed by atoms with van der Waals surface area (Å²) in [5.74, 6) is -0.0399. The molecule has 0 amide bonds. The average Bonchev–Trinajstić information content (AvgIpc) is 2.50. The second-order valence-corrected chi connectivity index (χ2v) is 7.87. The molecule has 1 aromatic heterocycles. The summed E-state index contributed by atoms with van der Waals surface area (Å²) in [6, 6.07) is 5.18. The largest absolute Gasteiger partial charge is 0.365 e. The molecule has 2 aromatic rings. The van der Waals surface area contributed by atoms with Crippen molar-refractivity contribution >= 4 is 47.1 Å². The van der Waals surface area contributed by atoms with E-state index in [0.717, 1.165) is 6.29 Å². The molecule has 0 fully saturated rings. The van der Waals surface area contributed by atoms with E-state index < -0.39 is 5.92 Å². The van der Waals surface area contributed by atoms with E-state index in [2.05, 4.69) is 15.3 Å². The van der Waals surface area contributed by atoms with Crippen molar-refractivity contribution in [3.63, 3.8) is 0 Å². The maximum Gasteiger partial charge on any atom is 0.189 e. The van der Waals surface area contributed by atoms with E-state index in [9.17, 15) is 4.79 Å². The van der Waals surface area contributed by atoms with Crippen molar-refractivity contribution in [2.75, 3.05) is 11.6 Å². The minimum absolute atomic E-state index is 0.226. The van der Waals surface area contributed by atoms with Gasteiger partial charge in [-0.1, -0.05) is 41.0 Å². The van der Waals surface area contributed by atoms with Crippen LogP contribution in [0, 0.1) is 0 Å². The van der Waals surface area contributed by atoms with E-state index in [-0.39, 0.29) is 5.54 Å². The first-order valence-corrected chi connectivity index (χ1v) is 9.33. The molecular weight excluding hydrogens is 365 g/mol. The van der Waals surface area contributed by atoms with Gasteiger partial charge in [-0.3, -0.25) is 0 Å². The highest BCUT2D eigenvalue weighted by Crippen LogP contribution is 2.37. The fourth-order valence-electron chi connectivity index (χ4n) is 2.26. The maximum atomic E-state index is 11.9. The molecule has 0 saturated heterocycles. The Kier molecular flexibility index (Phi) is 6.12. The number of carbonyl (C=O) groups is 1. The van der Waals surface area contributed by atoms with Crippen LogP contribution in [0.15, 0.2) is 29.6 Å². The van der Waals surface area contributed by atoms with Crippen LogP contribution in [-0.4, -0.2) is 28.0 Å². The summed E-state index contributed by atoms with van der Waals surface area (Å²) in [4.78, 5) is 20.7. The van der Waals surface area contributed by atoms with Gasteiger partial charge in [-0.25, -0.2) is 9.97 Å². The molecule has 0 aliphatic carbocycles. The zero-order valence-corrected chi connectivity index (χ0v) is 16.3. The molecule has 1 unspecified atom stereocenters. The van der Waals surface area contributed by atoms with Gasteiger partial charge in [0.2, 0.25) is 0 Å². The Morgan fingerprint density at radius 3 is 2.38 bits per heavy atom. The molecule has 1 heterocycles. The van der Waals surface area contributed by atoms with Crippen LogP contribution in [0.2, 0.25) is 10.0 Å². The van der Waals surface area contributed by atoms with Gasteiger partial charge in [-0.2, -0.15) is 0 Å². The van der Waals surface area contributed by atoms with E-state index >= 15 is 0 Å². The summed E-state index contributed by atoms with van der Waals surface area (Å²) >= 11 is 14.0. The monoisotopic (exact) mass is 383 g/mol. The van der Waals surface area contributed by atoms with Gasteiger partial charge in [-0.15, -0.1) is 0 Å².